The smallest absolute Gasteiger partial charge is 0.233 e. The first-order chi connectivity index (χ1) is 15.7. The average Bonchev–Trinajstić information content (AvgIpc) is 3.50. The van der Waals surface area contributed by atoms with E-state index < -0.39 is 0 Å². The summed E-state index contributed by atoms with van der Waals surface area (Å²) in [6, 6.07) is 15.9. The number of carbonyl (C=O) groups excluding carboxylic acids is 1. The van der Waals surface area contributed by atoms with Crippen LogP contribution in [0, 0.1) is 0 Å². The van der Waals surface area contributed by atoms with Gasteiger partial charge in [-0.05, 0) is 49.2 Å². The number of methoxy groups -OCH3 is 1. The molecule has 2 aromatic carbocycles. The van der Waals surface area contributed by atoms with Crippen molar-refractivity contribution in [3.05, 3.63) is 59.9 Å². The minimum absolute atomic E-state index is 0.141. The third kappa shape index (κ3) is 4.35. The topological polar surface area (TPSA) is 73.1 Å². The number of para-hydroxylation sites is 1. The summed E-state index contributed by atoms with van der Waals surface area (Å²) in [5.74, 6) is 1.71. The van der Waals surface area contributed by atoms with Crippen molar-refractivity contribution in [1.82, 2.24) is 24.6 Å². The van der Waals surface area contributed by atoms with Crippen LogP contribution in [0.15, 0.2) is 60.0 Å². The second-order valence-corrected chi connectivity index (χ2v) is 9.65. The third-order valence-electron chi connectivity index (χ3n) is 5.70. The standard InChI is InChI=1S/C23H23N5O2S2/c1-30-18-8-6-17(7-9-18)28-15-24-26-23(28)31-14-21(29)27-12-10-16(11-13-27)22-25-19-4-2-3-5-20(19)32-22/h2-9,15-16H,10-14H2,1H3. The molecule has 1 amide bonds. The Balaban J connectivity index is 1.17. The summed E-state index contributed by atoms with van der Waals surface area (Å²) in [6.45, 7) is 1.54. The Bertz CT molecular complexity index is 1180. The number of thioether (sulfide) groups is 1. The molecule has 0 radical (unpaired) electrons. The van der Waals surface area contributed by atoms with Crippen LogP contribution < -0.4 is 4.74 Å². The molecule has 164 valence electrons. The molecule has 0 atom stereocenters. The number of benzene rings is 2. The molecule has 1 aliphatic heterocycles. The molecule has 32 heavy (non-hydrogen) atoms. The molecule has 4 aromatic rings. The van der Waals surface area contributed by atoms with Gasteiger partial charge in [-0.3, -0.25) is 9.36 Å². The number of piperidine rings is 1. The van der Waals surface area contributed by atoms with Crippen LogP contribution in [-0.4, -0.2) is 56.5 Å². The summed E-state index contributed by atoms with van der Waals surface area (Å²) < 4.78 is 8.33. The maximum atomic E-state index is 12.8. The number of amides is 1. The summed E-state index contributed by atoms with van der Waals surface area (Å²) in [5, 5.41) is 10.1. The van der Waals surface area contributed by atoms with Gasteiger partial charge in [0.1, 0.15) is 12.1 Å². The molecular weight excluding hydrogens is 442 g/mol. The van der Waals surface area contributed by atoms with Gasteiger partial charge in [-0.15, -0.1) is 21.5 Å². The van der Waals surface area contributed by atoms with Gasteiger partial charge in [0.15, 0.2) is 5.16 Å². The van der Waals surface area contributed by atoms with E-state index >= 15 is 0 Å². The zero-order valence-corrected chi connectivity index (χ0v) is 19.3. The predicted molar refractivity (Wildman–Crippen MR) is 127 cm³/mol. The zero-order valence-electron chi connectivity index (χ0n) is 17.7. The lowest BCUT2D eigenvalue weighted by Crippen LogP contribution is -2.39. The molecule has 0 saturated carbocycles. The van der Waals surface area contributed by atoms with Crippen molar-refractivity contribution in [3.8, 4) is 11.4 Å². The van der Waals surface area contributed by atoms with Crippen LogP contribution in [0.4, 0.5) is 0 Å². The fourth-order valence-corrected chi connectivity index (χ4v) is 5.87. The van der Waals surface area contributed by atoms with E-state index in [9.17, 15) is 4.79 Å². The van der Waals surface area contributed by atoms with Gasteiger partial charge in [0.2, 0.25) is 5.91 Å². The van der Waals surface area contributed by atoms with Crippen LogP contribution in [0.3, 0.4) is 0 Å². The van der Waals surface area contributed by atoms with Crippen LogP contribution in [0.5, 0.6) is 5.75 Å². The fourth-order valence-electron chi connectivity index (χ4n) is 3.90. The lowest BCUT2D eigenvalue weighted by Gasteiger charge is -2.31. The van der Waals surface area contributed by atoms with Crippen molar-refractivity contribution in [2.24, 2.45) is 0 Å². The Morgan fingerprint density at radius 1 is 1.16 bits per heavy atom. The van der Waals surface area contributed by atoms with Crippen LogP contribution in [0.2, 0.25) is 0 Å². The quantitative estimate of drug-likeness (QED) is 0.394. The highest BCUT2D eigenvalue weighted by Crippen LogP contribution is 2.34. The van der Waals surface area contributed by atoms with Gasteiger partial charge < -0.3 is 9.64 Å². The van der Waals surface area contributed by atoms with Gasteiger partial charge in [-0.2, -0.15) is 0 Å². The molecule has 2 aromatic heterocycles. The van der Waals surface area contributed by atoms with Gasteiger partial charge in [0.05, 0.1) is 28.1 Å². The normalized spacial score (nSPS) is 14.7. The number of aromatic nitrogens is 4. The fraction of sp³-hybridized carbons (Fsp3) is 0.304. The van der Waals surface area contributed by atoms with Crippen molar-refractivity contribution in [3.63, 3.8) is 0 Å². The first-order valence-corrected chi connectivity index (χ1v) is 12.3. The van der Waals surface area contributed by atoms with E-state index in [1.165, 1.54) is 21.5 Å². The summed E-state index contributed by atoms with van der Waals surface area (Å²) >= 11 is 3.20. The van der Waals surface area contributed by atoms with Crippen molar-refractivity contribution in [2.75, 3.05) is 26.0 Å². The summed E-state index contributed by atoms with van der Waals surface area (Å²) in [6.07, 6.45) is 3.58. The number of nitrogens with zero attached hydrogens (tertiary/aromatic N) is 5. The highest BCUT2D eigenvalue weighted by Gasteiger charge is 2.26. The van der Waals surface area contributed by atoms with E-state index in [2.05, 4.69) is 28.4 Å². The number of ether oxygens (including phenoxy) is 1. The number of thiazole rings is 1. The number of hydrogen-bond acceptors (Lipinski definition) is 7. The van der Waals surface area contributed by atoms with Crippen molar-refractivity contribution >= 4 is 39.2 Å². The molecule has 0 aliphatic carbocycles. The van der Waals surface area contributed by atoms with Gasteiger partial charge in [-0.1, -0.05) is 23.9 Å². The lowest BCUT2D eigenvalue weighted by atomic mass is 9.97. The summed E-state index contributed by atoms with van der Waals surface area (Å²) in [4.78, 5) is 19.6. The molecule has 7 nitrogen and oxygen atoms in total. The molecule has 3 heterocycles. The van der Waals surface area contributed by atoms with E-state index in [0.717, 1.165) is 42.9 Å². The van der Waals surface area contributed by atoms with Crippen LogP contribution in [0.25, 0.3) is 15.9 Å². The number of carbonyl (C=O) groups is 1. The van der Waals surface area contributed by atoms with E-state index in [0.29, 0.717) is 16.8 Å². The first-order valence-electron chi connectivity index (χ1n) is 10.5. The number of likely N-dealkylation sites (tertiary alicyclic amines) is 1. The number of hydrogen-bond donors (Lipinski definition) is 0. The molecular formula is C23H23N5O2S2. The Morgan fingerprint density at radius 2 is 1.94 bits per heavy atom. The second-order valence-electron chi connectivity index (χ2n) is 7.65. The van der Waals surface area contributed by atoms with E-state index in [1.807, 2.05) is 39.8 Å². The number of fused-ring (bicyclic) bond motifs is 1. The molecule has 1 aliphatic rings. The molecule has 0 N–H and O–H groups in total. The molecule has 0 unspecified atom stereocenters. The highest BCUT2D eigenvalue weighted by molar-refractivity contribution is 7.99. The Morgan fingerprint density at radius 3 is 2.69 bits per heavy atom. The van der Waals surface area contributed by atoms with E-state index in [-0.39, 0.29) is 5.91 Å². The first kappa shape index (κ1) is 21.0. The maximum Gasteiger partial charge on any atom is 0.233 e. The third-order valence-corrected chi connectivity index (χ3v) is 7.83. The van der Waals surface area contributed by atoms with Crippen LogP contribution >= 0.6 is 23.1 Å². The highest BCUT2D eigenvalue weighted by atomic mass is 32.2. The Hall–Kier alpha value is -2.91. The maximum absolute atomic E-state index is 12.8. The van der Waals surface area contributed by atoms with Crippen molar-refractivity contribution in [2.45, 2.75) is 23.9 Å². The summed E-state index contributed by atoms with van der Waals surface area (Å²) in [7, 11) is 1.64. The van der Waals surface area contributed by atoms with Crippen molar-refractivity contribution < 1.29 is 9.53 Å². The second kappa shape index (κ2) is 9.30. The van der Waals surface area contributed by atoms with Gasteiger partial charge in [0, 0.05) is 24.7 Å². The van der Waals surface area contributed by atoms with Crippen molar-refractivity contribution in [1.29, 1.82) is 0 Å². The largest absolute Gasteiger partial charge is 0.497 e. The zero-order chi connectivity index (χ0) is 21.9. The van der Waals surface area contributed by atoms with E-state index in [1.54, 1.807) is 24.8 Å². The van der Waals surface area contributed by atoms with Crippen LogP contribution in [0.1, 0.15) is 23.8 Å². The number of rotatable bonds is 6. The lowest BCUT2D eigenvalue weighted by molar-refractivity contribution is -0.129. The van der Waals surface area contributed by atoms with E-state index in [4.69, 9.17) is 9.72 Å². The predicted octanol–water partition coefficient (Wildman–Crippen LogP) is 4.38. The monoisotopic (exact) mass is 465 g/mol. The van der Waals surface area contributed by atoms with Gasteiger partial charge in [0.25, 0.3) is 0 Å². The Labute approximate surface area is 194 Å². The average molecular weight is 466 g/mol. The van der Waals surface area contributed by atoms with Gasteiger partial charge >= 0.3 is 0 Å². The van der Waals surface area contributed by atoms with Crippen LogP contribution in [-0.2, 0) is 4.79 Å². The molecule has 1 saturated heterocycles. The molecule has 0 spiro atoms. The Kier molecular flexibility index (Phi) is 6.09. The minimum atomic E-state index is 0.141. The molecule has 0 bridgehead atoms. The minimum Gasteiger partial charge on any atom is -0.497 e. The molecule has 5 rings (SSSR count). The molecule has 9 heteroatoms. The summed E-state index contributed by atoms with van der Waals surface area (Å²) in [5.41, 5.74) is 2.01. The van der Waals surface area contributed by atoms with Gasteiger partial charge in [-0.25, -0.2) is 4.98 Å². The molecule has 1 fully saturated rings. The SMILES string of the molecule is COc1ccc(-n2cnnc2SCC(=O)N2CCC(c3nc4ccccc4s3)CC2)cc1.